The molecule has 0 amide bonds. The molecule has 4 heterocycles. The standard InChI is InChI=1S/C26H20.4C19H15N/c1-19-11-10-18-24-25(19)22-16-8-9-17-23(22)26(24,20-12-4-2-5-13-20)21-14-6-3-7-15-21;1-14-8-7-12-17-16-11-5-6-13-18(16)20(19(14)17)15-9-3-2-4-10-15;1-14-8-7-13-18-19(14)16-11-5-6-12-17(16)20(18)15-9-3-2-4-10-15;1-14-11-12-19-17(13-14)16-9-5-6-10-18(16)20(19)15-7-3-2-4-8-15;1-14-11-12-17-16-9-5-6-10-18(16)20(19(17)13-14)15-7-3-2-4-8-15/h2-18H,1H3;4*2-13H,1H3. The summed E-state index contributed by atoms with van der Waals surface area (Å²) in [6.07, 6.45) is 0. The van der Waals surface area contributed by atoms with E-state index in [0.717, 1.165) is 0 Å². The van der Waals surface area contributed by atoms with Gasteiger partial charge in [-0.3, -0.25) is 0 Å². The highest BCUT2D eigenvalue weighted by Gasteiger charge is 2.46. The lowest BCUT2D eigenvalue weighted by molar-refractivity contribution is 0.768. The molecule has 0 radical (unpaired) electrons. The van der Waals surface area contributed by atoms with E-state index in [1.165, 1.54) is 171 Å². The zero-order chi connectivity index (χ0) is 71.7. The summed E-state index contributed by atoms with van der Waals surface area (Å²) in [6.45, 7) is 10.9. The first-order chi connectivity index (χ1) is 52.2. The van der Waals surface area contributed by atoms with Crippen LogP contribution in [0.5, 0.6) is 0 Å². The van der Waals surface area contributed by atoms with E-state index in [4.69, 9.17) is 0 Å². The minimum absolute atomic E-state index is 0.263. The summed E-state index contributed by atoms with van der Waals surface area (Å²) in [4.78, 5) is 0. The zero-order valence-electron chi connectivity index (χ0n) is 60.3. The van der Waals surface area contributed by atoms with Crippen molar-refractivity contribution < 1.29 is 0 Å². The summed E-state index contributed by atoms with van der Waals surface area (Å²) in [5, 5.41) is 10.6. The van der Waals surface area contributed by atoms with Gasteiger partial charge in [-0.2, -0.15) is 0 Å². The normalized spacial score (nSPS) is 11.9. The van der Waals surface area contributed by atoms with Gasteiger partial charge in [0.2, 0.25) is 0 Å². The van der Waals surface area contributed by atoms with Crippen molar-refractivity contribution in [3.8, 4) is 33.9 Å². The minimum atomic E-state index is -0.263. The monoisotopic (exact) mass is 1360 g/mol. The molecule has 0 unspecified atom stereocenters. The molecule has 4 aromatic heterocycles. The number of hydrogen-bond donors (Lipinski definition) is 0. The SMILES string of the molecule is Cc1ccc2c(c1)c1ccccc1n2-c1ccccc1.Cc1ccc2c3ccccc3n(-c3ccccc3)c2c1.Cc1cccc2c1-c1ccccc1C2(c1ccccc1)c1ccccc1.Cc1cccc2c1c1ccccc1n2-c1ccccc1.Cc1cccc2c3ccccc3n(-c3ccccc3)c12. The predicted octanol–water partition coefficient (Wildman–Crippen LogP) is 26.7. The molecule has 508 valence electrons. The molecule has 1 aliphatic carbocycles. The number of aryl methyl sites for hydroxylation is 5. The van der Waals surface area contributed by atoms with Crippen LogP contribution in [0, 0.1) is 34.6 Å². The third-order valence-corrected chi connectivity index (χ3v) is 21.2. The topological polar surface area (TPSA) is 19.7 Å². The fourth-order valence-electron chi connectivity index (χ4n) is 16.6. The lowest BCUT2D eigenvalue weighted by Crippen LogP contribution is -2.28. The fourth-order valence-corrected chi connectivity index (χ4v) is 16.6. The number of nitrogens with zero attached hydrogens (tertiary/aromatic N) is 4. The first kappa shape index (κ1) is 66.0. The van der Waals surface area contributed by atoms with Gasteiger partial charge in [0.1, 0.15) is 0 Å². The van der Waals surface area contributed by atoms with Crippen LogP contribution < -0.4 is 0 Å². The molecule has 0 saturated heterocycles. The Bertz CT molecular complexity index is 6430. The van der Waals surface area contributed by atoms with Crippen LogP contribution in [0.4, 0.5) is 0 Å². The quantitative estimate of drug-likeness (QED) is 0.158. The molecular weight excluding hydrogens is 1280 g/mol. The molecule has 1 aliphatic rings. The van der Waals surface area contributed by atoms with Crippen molar-refractivity contribution in [3.05, 3.63) is 444 Å². The Morgan fingerprint density at radius 3 is 1.13 bits per heavy atom. The number of benzene rings is 16. The number of rotatable bonds is 6. The Labute approximate surface area is 619 Å². The van der Waals surface area contributed by atoms with Gasteiger partial charge in [-0.1, -0.05) is 303 Å². The Kier molecular flexibility index (Phi) is 17.7. The fraction of sp³-hybridized carbons (Fsp3) is 0.0588. The van der Waals surface area contributed by atoms with Crippen LogP contribution in [0.2, 0.25) is 0 Å². The zero-order valence-corrected chi connectivity index (χ0v) is 60.3. The highest BCUT2D eigenvalue weighted by molar-refractivity contribution is 6.13. The number of para-hydroxylation sites is 9. The van der Waals surface area contributed by atoms with E-state index in [-0.39, 0.29) is 5.41 Å². The van der Waals surface area contributed by atoms with E-state index in [1.807, 2.05) is 0 Å². The maximum Gasteiger partial charge on any atom is 0.0713 e. The predicted molar refractivity (Wildman–Crippen MR) is 451 cm³/mol. The van der Waals surface area contributed by atoms with E-state index >= 15 is 0 Å². The third kappa shape index (κ3) is 11.7. The van der Waals surface area contributed by atoms with Crippen LogP contribution >= 0.6 is 0 Å². The highest BCUT2D eigenvalue weighted by atomic mass is 15.0. The maximum atomic E-state index is 2.36. The Balaban J connectivity index is 0.0000000979. The van der Waals surface area contributed by atoms with E-state index in [1.54, 1.807) is 0 Å². The van der Waals surface area contributed by atoms with Crippen LogP contribution in [0.1, 0.15) is 50.1 Å². The van der Waals surface area contributed by atoms with Gasteiger partial charge in [0.15, 0.2) is 0 Å². The summed E-state index contributed by atoms with van der Waals surface area (Å²) in [5.41, 5.74) is 29.5. The summed E-state index contributed by atoms with van der Waals surface area (Å²) in [6, 6.07) is 141. The Morgan fingerprint density at radius 1 is 0.208 bits per heavy atom. The van der Waals surface area contributed by atoms with Crippen LogP contribution in [0.3, 0.4) is 0 Å². The molecule has 0 atom stereocenters. The van der Waals surface area contributed by atoms with E-state index < -0.39 is 0 Å². The molecule has 0 aliphatic heterocycles. The van der Waals surface area contributed by atoms with Crippen LogP contribution in [0.25, 0.3) is 121 Å². The molecule has 4 heteroatoms. The summed E-state index contributed by atoms with van der Waals surface area (Å²) < 4.78 is 9.39. The second kappa shape index (κ2) is 28.5. The molecule has 106 heavy (non-hydrogen) atoms. The molecule has 0 bridgehead atoms. The van der Waals surface area contributed by atoms with Crippen molar-refractivity contribution in [1.29, 1.82) is 0 Å². The molecule has 20 aromatic rings. The van der Waals surface area contributed by atoms with Crippen molar-refractivity contribution in [2.24, 2.45) is 0 Å². The van der Waals surface area contributed by atoms with Gasteiger partial charge in [-0.15, -0.1) is 0 Å². The third-order valence-electron chi connectivity index (χ3n) is 21.2. The minimum Gasteiger partial charge on any atom is -0.309 e. The Hall–Kier alpha value is -13.3. The number of hydrogen-bond acceptors (Lipinski definition) is 0. The van der Waals surface area contributed by atoms with Crippen molar-refractivity contribution in [2.45, 2.75) is 40.0 Å². The molecule has 0 N–H and O–H groups in total. The molecular formula is C102H80N4. The summed E-state index contributed by atoms with van der Waals surface area (Å²) >= 11 is 0. The first-order valence-corrected chi connectivity index (χ1v) is 36.7. The van der Waals surface area contributed by atoms with E-state index in [0.29, 0.717) is 0 Å². The summed E-state index contributed by atoms with van der Waals surface area (Å²) in [5.74, 6) is 0. The summed E-state index contributed by atoms with van der Waals surface area (Å²) in [7, 11) is 0. The van der Waals surface area contributed by atoms with Gasteiger partial charge < -0.3 is 18.3 Å². The van der Waals surface area contributed by atoms with Crippen molar-refractivity contribution in [1.82, 2.24) is 18.3 Å². The molecule has 4 nitrogen and oxygen atoms in total. The maximum absolute atomic E-state index is 2.36. The van der Waals surface area contributed by atoms with Gasteiger partial charge in [-0.05, 0) is 187 Å². The van der Waals surface area contributed by atoms with Crippen molar-refractivity contribution >= 4 is 87.2 Å². The average Bonchev–Trinajstić information content (AvgIpc) is 1.53. The van der Waals surface area contributed by atoms with Gasteiger partial charge in [-0.25, -0.2) is 0 Å². The number of aromatic nitrogens is 4. The van der Waals surface area contributed by atoms with E-state index in [2.05, 4.69) is 447 Å². The molecule has 0 fully saturated rings. The molecule has 0 spiro atoms. The molecule has 16 aromatic carbocycles. The smallest absolute Gasteiger partial charge is 0.0713 e. The first-order valence-electron chi connectivity index (χ1n) is 36.7. The second-order valence-electron chi connectivity index (χ2n) is 27.8. The van der Waals surface area contributed by atoms with E-state index in [9.17, 15) is 0 Å². The van der Waals surface area contributed by atoms with Gasteiger partial charge in [0.05, 0.1) is 49.5 Å². The molecule has 21 rings (SSSR count). The molecule has 0 saturated carbocycles. The van der Waals surface area contributed by atoms with Gasteiger partial charge in [0, 0.05) is 65.8 Å². The lowest BCUT2D eigenvalue weighted by Gasteiger charge is -2.33. The van der Waals surface area contributed by atoms with Crippen LogP contribution in [-0.4, -0.2) is 18.3 Å². The van der Waals surface area contributed by atoms with Gasteiger partial charge in [0.25, 0.3) is 0 Å². The number of fused-ring (bicyclic) bond motifs is 15. The highest BCUT2D eigenvalue weighted by Crippen LogP contribution is 2.57. The lowest BCUT2D eigenvalue weighted by atomic mass is 9.67. The van der Waals surface area contributed by atoms with Crippen molar-refractivity contribution in [3.63, 3.8) is 0 Å². The van der Waals surface area contributed by atoms with Gasteiger partial charge >= 0.3 is 0 Å². The van der Waals surface area contributed by atoms with Crippen molar-refractivity contribution in [2.75, 3.05) is 0 Å². The Morgan fingerprint density at radius 2 is 0.557 bits per heavy atom. The van der Waals surface area contributed by atoms with Crippen LogP contribution in [-0.2, 0) is 5.41 Å². The average molecular weight is 1360 g/mol. The second-order valence-corrected chi connectivity index (χ2v) is 27.8. The van der Waals surface area contributed by atoms with Crippen LogP contribution in [0.15, 0.2) is 394 Å². The largest absolute Gasteiger partial charge is 0.309 e.